The maximum Gasteiger partial charge on any atom is 0.269 e. The molecule has 1 aliphatic rings. The van der Waals surface area contributed by atoms with Crippen molar-refractivity contribution in [2.24, 2.45) is 0 Å². The zero-order valence-electron chi connectivity index (χ0n) is 16.1. The molecule has 0 radical (unpaired) electrons. The predicted molar refractivity (Wildman–Crippen MR) is 110 cm³/mol. The van der Waals surface area contributed by atoms with Crippen LogP contribution in [0.25, 0.3) is 6.08 Å². The number of rotatable bonds is 6. The van der Waals surface area contributed by atoms with Gasteiger partial charge in [-0.25, -0.2) is 0 Å². The van der Waals surface area contributed by atoms with Crippen LogP contribution in [-0.4, -0.2) is 29.4 Å². The minimum atomic E-state index is -0.581. The number of carbonyl (C=O) groups is 2. The highest BCUT2D eigenvalue weighted by atomic mass is 16.6. The standard InChI is InChI=1S/C21H21N3O5/c1-3-12-23-18-10-7-16(13-19(18)29-14(2)21(23)26)22-20(25)11-6-15-4-8-17(9-5-15)24(27)28/h4-11,13-14H,3,12H2,1-2H3,(H,22,25)/b11-6+. The average Bonchev–Trinajstić information content (AvgIpc) is 2.70. The van der Waals surface area contributed by atoms with E-state index in [0.29, 0.717) is 29.2 Å². The second kappa shape index (κ2) is 8.55. The minimum Gasteiger partial charge on any atom is -0.479 e. The fourth-order valence-electron chi connectivity index (χ4n) is 3.01. The summed E-state index contributed by atoms with van der Waals surface area (Å²) in [5.74, 6) is 0.110. The zero-order chi connectivity index (χ0) is 21.0. The van der Waals surface area contributed by atoms with Gasteiger partial charge in [-0.3, -0.25) is 19.7 Å². The largest absolute Gasteiger partial charge is 0.479 e. The molecule has 2 amide bonds. The molecule has 1 unspecified atom stereocenters. The van der Waals surface area contributed by atoms with E-state index < -0.39 is 11.0 Å². The van der Waals surface area contributed by atoms with Gasteiger partial charge in [-0.2, -0.15) is 0 Å². The second-order valence-electron chi connectivity index (χ2n) is 6.60. The highest BCUT2D eigenvalue weighted by Crippen LogP contribution is 2.36. The van der Waals surface area contributed by atoms with Gasteiger partial charge in [-0.1, -0.05) is 6.92 Å². The van der Waals surface area contributed by atoms with E-state index in [4.69, 9.17) is 4.74 Å². The number of ether oxygens (including phenoxy) is 1. The monoisotopic (exact) mass is 395 g/mol. The van der Waals surface area contributed by atoms with Gasteiger partial charge in [-0.15, -0.1) is 0 Å². The fourth-order valence-corrected chi connectivity index (χ4v) is 3.01. The van der Waals surface area contributed by atoms with Crippen LogP contribution in [-0.2, 0) is 9.59 Å². The Kier molecular flexibility index (Phi) is 5.92. The third kappa shape index (κ3) is 4.60. The third-order valence-electron chi connectivity index (χ3n) is 4.41. The molecule has 1 atom stereocenters. The van der Waals surface area contributed by atoms with Gasteiger partial charge in [0.2, 0.25) is 5.91 Å². The SMILES string of the molecule is CCCN1C(=O)C(C)Oc2cc(NC(=O)/C=C/c3ccc([N+](=O)[O-])cc3)ccc21. The van der Waals surface area contributed by atoms with Crippen LogP contribution >= 0.6 is 0 Å². The lowest BCUT2D eigenvalue weighted by molar-refractivity contribution is -0.384. The summed E-state index contributed by atoms with van der Waals surface area (Å²) in [6.07, 6.45) is 3.15. The molecule has 1 N–H and O–H groups in total. The molecule has 0 fully saturated rings. The first-order valence-electron chi connectivity index (χ1n) is 9.24. The van der Waals surface area contributed by atoms with E-state index in [-0.39, 0.29) is 17.5 Å². The molecule has 1 aliphatic heterocycles. The van der Waals surface area contributed by atoms with E-state index >= 15 is 0 Å². The van der Waals surface area contributed by atoms with Crippen molar-refractivity contribution in [3.63, 3.8) is 0 Å². The minimum absolute atomic E-state index is 0.00881. The summed E-state index contributed by atoms with van der Waals surface area (Å²) >= 11 is 0. The second-order valence-corrected chi connectivity index (χ2v) is 6.60. The van der Waals surface area contributed by atoms with E-state index in [2.05, 4.69) is 5.32 Å². The summed E-state index contributed by atoms with van der Waals surface area (Å²) in [6.45, 7) is 4.30. The number of anilines is 2. The quantitative estimate of drug-likeness (QED) is 0.456. The molecule has 3 rings (SSSR count). The van der Waals surface area contributed by atoms with Gasteiger partial charge in [0.05, 0.1) is 10.6 Å². The Hall–Kier alpha value is -3.68. The van der Waals surface area contributed by atoms with Crippen LogP contribution in [0.4, 0.5) is 17.1 Å². The van der Waals surface area contributed by atoms with Crippen LogP contribution in [0.3, 0.4) is 0 Å². The lowest BCUT2D eigenvalue weighted by Crippen LogP contribution is -2.44. The number of carbonyl (C=O) groups excluding carboxylic acids is 2. The van der Waals surface area contributed by atoms with Crippen molar-refractivity contribution < 1.29 is 19.2 Å². The van der Waals surface area contributed by atoms with Crippen LogP contribution in [0.15, 0.2) is 48.5 Å². The number of nitrogens with zero attached hydrogens (tertiary/aromatic N) is 2. The molecular formula is C21H21N3O5. The summed E-state index contributed by atoms with van der Waals surface area (Å²) in [7, 11) is 0. The van der Waals surface area contributed by atoms with E-state index in [1.165, 1.54) is 18.2 Å². The topological polar surface area (TPSA) is 102 Å². The summed E-state index contributed by atoms with van der Waals surface area (Å²) < 4.78 is 5.69. The van der Waals surface area contributed by atoms with Crippen LogP contribution in [0, 0.1) is 10.1 Å². The molecule has 0 aromatic heterocycles. The number of non-ortho nitro benzene ring substituents is 1. The Morgan fingerprint density at radius 2 is 2.00 bits per heavy atom. The Labute approximate surface area is 167 Å². The predicted octanol–water partition coefficient (Wildman–Crippen LogP) is 3.77. The Balaban J connectivity index is 1.70. The van der Waals surface area contributed by atoms with Crippen molar-refractivity contribution in [3.05, 3.63) is 64.2 Å². The normalized spacial score (nSPS) is 15.7. The van der Waals surface area contributed by atoms with Crippen LogP contribution in [0.1, 0.15) is 25.8 Å². The van der Waals surface area contributed by atoms with E-state index in [9.17, 15) is 19.7 Å². The smallest absolute Gasteiger partial charge is 0.269 e. The maximum absolute atomic E-state index is 12.3. The van der Waals surface area contributed by atoms with Crippen molar-refractivity contribution in [1.82, 2.24) is 0 Å². The van der Waals surface area contributed by atoms with Gasteiger partial charge < -0.3 is 15.0 Å². The Morgan fingerprint density at radius 3 is 2.66 bits per heavy atom. The average molecular weight is 395 g/mol. The molecule has 29 heavy (non-hydrogen) atoms. The molecule has 0 aliphatic carbocycles. The number of hydrogen-bond acceptors (Lipinski definition) is 5. The Bertz CT molecular complexity index is 969. The van der Waals surface area contributed by atoms with Gasteiger partial charge in [-0.05, 0) is 49.2 Å². The molecular weight excluding hydrogens is 374 g/mol. The molecule has 8 nitrogen and oxygen atoms in total. The number of fused-ring (bicyclic) bond motifs is 1. The first kappa shape index (κ1) is 20.1. The first-order valence-corrected chi connectivity index (χ1v) is 9.24. The molecule has 1 heterocycles. The molecule has 0 saturated heterocycles. The van der Waals surface area contributed by atoms with Gasteiger partial charge in [0.1, 0.15) is 5.75 Å². The van der Waals surface area contributed by atoms with E-state index in [0.717, 1.165) is 6.42 Å². The van der Waals surface area contributed by atoms with Crippen molar-refractivity contribution in [1.29, 1.82) is 0 Å². The summed E-state index contributed by atoms with van der Waals surface area (Å²) in [4.78, 5) is 36.4. The zero-order valence-corrected chi connectivity index (χ0v) is 16.1. The van der Waals surface area contributed by atoms with Crippen LogP contribution in [0.2, 0.25) is 0 Å². The molecule has 8 heteroatoms. The number of nitro groups is 1. The fraction of sp³-hybridized carbons (Fsp3) is 0.238. The number of amides is 2. The molecule has 0 spiro atoms. The molecule has 0 saturated carbocycles. The number of nitrogens with one attached hydrogen (secondary N) is 1. The molecule has 0 bridgehead atoms. The Morgan fingerprint density at radius 1 is 1.28 bits per heavy atom. The van der Waals surface area contributed by atoms with Crippen LogP contribution in [0.5, 0.6) is 5.75 Å². The summed E-state index contributed by atoms with van der Waals surface area (Å²) in [6, 6.07) is 11.0. The third-order valence-corrected chi connectivity index (χ3v) is 4.41. The number of hydrogen-bond donors (Lipinski definition) is 1. The summed E-state index contributed by atoms with van der Waals surface area (Å²) in [5, 5.41) is 13.4. The van der Waals surface area contributed by atoms with Crippen LogP contribution < -0.4 is 15.0 Å². The highest BCUT2D eigenvalue weighted by molar-refractivity contribution is 6.03. The van der Waals surface area contributed by atoms with Gasteiger partial charge in [0, 0.05) is 36.5 Å². The van der Waals surface area contributed by atoms with Gasteiger partial charge >= 0.3 is 0 Å². The van der Waals surface area contributed by atoms with Gasteiger partial charge in [0.25, 0.3) is 11.6 Å². The highest BCUT2D eigenvalue weighted by Gasteiger charge is 2.31. The van der Waals surface area contributed by atoms with Crippen molar-refractivity contribution in [3.8, 4) is 5.75 Å². The number of nitro benzene ring substituents is 1. The maximum atomic E-state index is 12.3. The molecule has 2 aromatic carbocycles. The first-order chi connectivity index (χ1) is 13.9. The van der Waals surface area contributed by atoms with Crippen molar-refractivity contribution in [2.75, 3.05) is 16.8 Å². The number of benzene rings is 2. The van der Waals surface area contributed by atoms with E-state index in [1.807, 2.05) is 6.92 Å². The lowest BCUT2D eigenvalue weighted by atomic mass is 10.1. The van der Waals surface area contributed by atoms with Gasteiger partial charge in [0.15, 0.2) is 6.10 Å². The molecule has 2 aromatic rings. The molecule has 150 valence electrons. The summed E-state index contributed by atoms with van der Waals surface area (Å²) in [5.41, 5.74) is 1.89. The lowest BCUT2D eigenvalue weighted by Gasteiger charge is -2.33. The van der Waals surface area contributed by atoms with E-state index in [1.54, 1.807) is 48.2 Å². The van der Waals surface area contributed by atoms with Crippen molar-refractivity contribution >= 4 is 35.0 Å². The van der Waals surface area contributed by atoms with Crippen molar-refractivity contribution in [2.45, 2.75) is 26.4 Å².